The largest absolute Gasteiger partial charge is 0.389 e. The average molecular weight is 328 g/mol. The Bertz CT molecular complexity index is 658. The minimum atomic E-state index is -0.319. The van der Waals surface area contributed by atoms with Gasteiger partial charge in [0.1, 0.15) is 6.61 Å². The number of fused-ring (bicyclic) bond motifs is 5. The summed E-state index contributed by atoms with van der Waals surface area (Å²) in [6, 6.07) is 0. The van der Waals surface area contributed by atoms with Crippen LogP contribution >= 0.6 is 0 Å². The van der Waals surface area contributed by atoms with Gasteiger partial charge in [-0.1, -0.05) is 31.1 Å². The second-order valence-electron chi connectivity index (χ2n) is 8.84. The number of aliphatic hydroxyl groups excluding tert-OH is 1. The first kappa shape index (κ1) is 16.3. The van der Waals surface area contributed by atoms with Crippen molar-refractivity contribution in [1.29, 1.82) is 0 Å². The van der Waals surface area contributed by atoms with Gasteiger partial charge < -0.3 is 5.11 Å². The predicted molar refractivity (Wildman–Crippen MR) is 92.3 cm³/mol. The van der Waals surface area contributed by atoms with Crippen LogP contribution in [0.3, 0.4) is 0 Å². The van der Waals surface area contributed by atoms with Crippen LogP contribution < -0.4 is 0 Å². The molecular weight excluding hydrogens is 300 g/mol. The molecule has 1 unspecified atom stereocenters. The third kappa shape index (κ3) is 2.06. The average Bonchev–Trinajstić information content (AvgIpc) is 2.92. The molecule has 3 nitrogen and oxygen atoms in total. The van der Waals surface area contributed by atoms with E-state index in [0.29, 0.717) is 18.3 Å². The molecule has 0 saturated heterocycles. The van der Waals surface area contributed by atoms with Gasteiger partial charge in [0.2, 0.25) is 0 Å². The molecule has 4 rings (SSSR count). The molecule has 4 aliphatic rings. The Balaban J connectivity index is 1.72. The van der Waals surface area contributed by atoms with Crippen molar-refractivity contribution in [3.63, 3.8) is 0 Å². The van der Waals surface area contributed by atoms with Crippen LogP contribution in [0.4, 0.5) is 0 Å². The molecule has 0 aromatic rings. The highest BCUT2D eigenvalue weighted by atomic mass is 16.3. The molecule has 0 radical (unpaired) electrons. The fourth-order valence-electron chi connectivity index (χ4n) is 6.49. The lowest BCUT2D eigenvalue weighted by atomic mass is 9.51. The molecule has 0 heterocycles. The third-order valence-corrected chi connectivity index (χ3v) is 7.88. The minimum Gasteiger partial charge on any atom is -0.389 e. The highest BCUT2D eigenvalue weighted by Gasteiger charge is 2.57. The van der Waals surface area contributed by atoms with Crippen molar-refractivity contribution in [1.82, 2.24) is 0 Å². The monoisotopic (exact) mass is 328 g/mol. The van der Waals surface area contributed by atoms with E-state index < -0.39 is 0 Å². The quantitative estimate of drug-likeness (QED) is 0.788. The topological polar surface area (TPSA) is 54.4 Å². The van der Waals surface area contributed by atoms with Crippen molar-refractivity contribution in [3.8, 4) is 0 Å². The van der Waals surface area contributed by atoms with Crippen molar-refractivity contribution in [3.05, 3.63) is 23.3 Å². The Kier molecular flexibility index (Phi) is 3.65. The highest BCUT2D eigenvalue weighted by molar-refractivity contribution is 5.92. The van der Waals surface area contributed by atoms with Crippen LogP contribution in [-0.2, 0) is 9.59 Å². The highest BCUT2D eigenvalue weighted by Crippen LogP contribution is 2.64. The molecule has 0 aromatic carbocycles. The molecule has 2 fully saturated rings. The van der Waals surface area contributed by atoms with Gasteiger partial charge in [-0.25, -0.2) is 0 Å². The molecule has 1 N–H and O–H groups in total. The molecule has 130 valence electrons. The molecule has 0 aromatic heterocycles. The van der Waals surface area contributed by atoms with E-state index in [1.54, 1.807) is 5.57 Å². The summed E-state index contributed by atoms with van der Waals surface area (Å²) in [5.41, 5.74) is 2.96. The lowest BCUT2D eigenvalue weighted by Gasteiger charge is -2.53. The van der Waals surface area contributed by atoms with Gasteiger partial charge in [0, 0.05) is 17.8 Å². The summed E-state index contributed by atoms with van der Waals surface area (Å²) >= 11 is 0. The van der Waals surface area contributed by atoms with Crippen LogP contribution in [0.15, 0.2) is 23.3 Å². The number of aliphatic hydroxyl groups is 1. The lowest BCUT2D eigenvalue weighted by molar-refractivity contribution is -0.129. The fourth-order valence-corrected chi connectivity index (χ4v) is 6.49. The van der Waals surface area contributed by atoms with E-state index in [0.717, 1.165) is 38.5 Å². The summed E-state index contributed by atoms with van der Waals surface area (Å²) in [5.74, 6) is 1.44. The van der Waals surface area contributed by atoms with Gasteiger partial charge in [-0.2, -0.15) is 0 Å². The Morgan fingerprint density at radius 3 is 2.79 bits per heavy atom. The Morgan fingerprint density at radius 1 is 1.25 bits per heavy atom. The first-order valence-corrected chi connectivity index (χ1v) is 9.48. The molecule has 3 heteroatoms. The molecule has 2 saturated carbocycles. The van der Waals surface area contributed by atoms with Crippen LogP contribution in [0.5, 0.6) is 0 Å². The van der Waals surface area contributed by atoms with E-state index in [1.807, 2.05) is 6.08 Å². The second kappa shape index (κ2) is 5.39. The number of Topliss-reactive ketones (excluding diaryl/α,β-unsaturated/α-hetero) is 1. The fraction of sp³-hybridized carbons (Fsp3) is 0.714. The Morgan fingerprint density at radius 2 is 2.04 bits per heavy atom. The van der Waals surface area contributed by atoms with Gasteiger partial charge in [-0.15, -0.1) is 0 Å². The maximum absolute atomic E-state index is 12.2. The molecule has 0 amide bonds. The number of allylic oxidation sites excluding steroid dienone is 4. The number of hydrogen-bond donors (Lipinski definition) is 1. The first-order valence-electron chi connectivity index (χ1n) is 9.48. The standard InChI is InChI=1S/C21H28O3/c1-20-9-7-14(23)11-13(20)3-4-15-16-5-6-18(19(24)12-22)21(16,2)10-8-17(15)20/h8,11,15-16,18,22H,3-7,9-10,12H2,1-2H3/t15-,16-,18?,20-,21-/m0/s1. The number of carbonyl (C=O) groups is 2. The van der Waals surface area contributed by atoms with Gasteiger partial charge in [-0.3, -0.25) is 9.59 Å². The normalized spacial score (nSPS) is 44.1. The number of rotatable bonds is 2. The molecule has 0 bridgehead atoms. The number of hydrogen-bond acceptors (Lipinski definition) is 3. The molecule has 5 atom stereocenters. The van der Waals surface area contributed by atoms with Crippen molar-refractivity contribution in [2.45, 2.75) is 58.8 Å². The zero-order chi connectivity index (χ0) is 17.1. The van der Waals surface area contributed by atoms with Gasteiger partial charge in [0.15, 0.2) is 11.6 Å². The van der Waals surface area contributed by atoms with E-state index in [2.05, 4.69) is 19.9 Å². The van der Waals surface area contributed by atoms with Gasteiger partial charge in [0.05, 0.1) is 0 Å². The number of carbonyl (C=O) groups excluding carboxylic acids is 2. The maximum atomic E-state index is 12.2. The van der Waals surface area contributed by atoms with Crippen molar-refractivity contribution < 1.29 is 14.7 Å². The smallest absolute Gasteiger partial charge is 0.161 e. The van der Waals surface area contributed by atoms with Crippen molar-refractivity contribution >= 4 is 11.6 Å². The molecule has 0 aliphatic heterocycles. The van der Waals surface area contributed by atoms with Crippen molar-refractivity contribution in [2.75, 3.05) is 6.61 Å². The predicted octanol–water partition coefficient (Wildman–Crippen LogP) is 3.62. The zero-order valence-corrected chi connectivity index (χ0v) is 14.8. The first-order chi connectivity index (χ1) is 11.4. The van der Waals surface area contributed by atoms with Gasteiger partial charge >= 0.3 is 0 Å². The van der Waals surface area contributed by atoms with Crippen LogP contribution in [-0.4, -0.2) is 23.3 Å². The maximum Gasteiger partial charge on any atom is 0.161 e. The second-order valence-corrected chi connectivity index (χ2v) is 8.84. The van der Waals surface area contributed by atoms with E-state index in [-0.39, 0.29) is 34.9 Å². The molecular formula is C21H28O3. The van der Waals surface area contributed by atoms with E-state index in [9.17, 15) is 14.7 Å². The van der Waals surface area contributed by atoms with E-state index in [4.69, 9.17) is 0 Å². The summed E-state index contributed by atoms with van der Waals surface area (Å²) in [7, 11) is 0. The summed E-state index contributed by atoms with van der Waals surface area (Å²) in [4.78, 5) is 24.1. The summed E-state index contributed by atoms with van der Waals surface area (Å²) in [6.45, 7) is 4.28. The minimum absolute atomic E-state index is 0.00996. The van der Waals surface area contributed by atoms with Crippen LogP contribution in [0.2, 0.25) is 0 Å². The van der Waals surface area contributed by atoms with Crippen LogP contribution in [0.1, 0.15) is 58.8 Å². The summed E-state index contributed by atoms with van der Waals surface area (Å²) in [6.07, 6.45) is 11.0. The summed E-state index contributed by atoms with van der Waals surface area (Å²) in [5, 5.41) is 9.35. The SMILES string of the molecule is C[C@]12CCC(=O)C=C1CC[C@@H]1C2=CC[C@]2(C)C(C(=O)CO)CC[C@@H]12. The van der Waals surface area contributed by atoms with Gasteiger partial charge in [0.25, 0.3) is 0 Å². The van der Waals surface area contributed by atoms with Crippen molar-refractivity contribution in [2.24, 2.45) is 28.6 Å². The molecule has 24 heavy (non-hydrogen) atoms. The van der Waals surface area contributed by atoms with Crippen LogP contribution in [0, 0.1) is 28.6 Å². The third-order valence-electron chi connectivity index (χ3n) is 7.88. The zero-order valence-electron chi connectivity index (χ0n) is 14.8. The Labute approximate surface area is 144 Å². The number of ketones is 2. The lowest BCUT2D eigenvalue weighted by Crippen LogP contribution is -2.45. The van der Waals surface area contributed by atoms with E-state index in [1.165, 1.54) is 5.57 Å². The molecule has 4 aliphatic carbocycles. The van der Waals surface area contributed by atoms with Crippen LogP contribution in [0.25, 0.3) is 0 Å². The van der Waals surface area contributed by atoms with E-state index >= 15 is 0 Å². The van der Waals surface area contributed by atoms with Gasteiger partial charge in [-0.05, 0) is 61.9 Å². The Hall–Kier alpha value is -1.22. The molecule has 0 spiro atoms. The summed E-state index contributed by atoms with van der Waals surface area (Å²) < 4.78 is 0.